The summed E-state index contributed by atoms with van der Waals surface area (Å²) >= 11 is 0. The van der Waals surface area contributed by atoms with E-state index in [0.29, 0.717) is 5.92 Å². The van der Waals surface area contributed by atoms with Crippen molar-refractivity contribution in [2.24, 2.45) is 5.92 Å². The topological polar surface area (TPSA) is 0 Å². The first kappa shape index (κ1) is 11.8. The molecule has 0 unspecified atom stereocenters. The van der Waals surface area contributed by atoms with E-state index in [1.54, 1.807) is 16.5 Å². The maximum absolute atomic E-state index is 2.38. The lowest BCUT2D eigenvalue weighted by molar-refractivity contribution is 0.540. The Hall–Kier alpha value is -1.30. The molecular weight excluding hydrogens is 216 g/mol. The van der Waals surface area contributed by atoms with Crippen molar-refractivity contribution in [1.82, 2.24) is 0 Å². The number of aryl methyl sites for hydroxylation is 1. The maximum Gasteiger partial charge on any atom is -0.0117 e. The predicted molar refractivity (Wildman–Crippen MR) is 79.2 cm³/mol. The van der Waals surface area contributed by atoms with Crippen LogP contribution in [0.5, 0.6) is 0 Å². The van der Waals surface area contributed by atoms with Crippen LogP contribution in [0.3, 0.4) is 0 Å². The predicted octanol–water partition coefficient (Wildman–Crippen LogP) is 5.09. The van der Waals surface area contributed by atoms with Gasteiger partial charge in [-0.2, -0.15) is 0 Å². The zero-order chi connectivity index (χ0) is 12.7. The molecule has 2 aromatic carbocycles. The van der Waals surface area contributed by atoms with E-state index in [1.165, 1.54) is 30.2 Å². The van der Waals surface area contributed by atoms with E-state index in [4.69, 9.17) is 0 Å². The zero-order valence-electron chi connectivity index (χ0n) is 11.7. The van der Waals surface area contributed by atoms with Gasteiger partial charge in [0, 0.05) is 0 Å². The molecule has 94 valence electrons. The fraction of sp³-hybridized carbons (Fsp3) is 0.444. The minimum Gasteiger partial charge on any atom is -0.0622 e. The SMILES string of the molecule is CC(C)c1ccc2c3c(cccc13)C[C@H](C)CC2. The molecule has 0 N–H and O–H groups in total. The first-order chi connectivity index (χ1) is 8.66. The smallest absolute Gasteiger partial charge is 0.0117 e. The van der Waals surface area contributed by atoms with Crippen LogP contribution in [0.2, 0.25) is 0 Å². The van der Waals surface area contributed by atoms with Crippen LogP contribution in [-0.4, -0.2) is 0 Å². The number of rotatable bonds is 1. The summed E-state index contributed by atoms with van der Waals surface area (Å²) < 4.78 is 0. The average Bonchev–Trinajstić information content (AvgIpc) is 2.50. The molecule has 0 nitrogen and oxygen atoms in total. The van der Waals surface area contributed by atoms with Crippen molar-refractivity contribution in [3.05, 3.63) is 47.0 Å². The Morgan fingerprint density at radius 3 is 2.67 bits per heavy atom. The van der Waals surface area contributed by atoms with Crippen molar-refractivity contribution in [2.75, 3.05) is 0 Å². The van der Waals surface area contributed by atoms with Crippen LogP contribution < -0.4 is 0 Å². The molecule has 0 bridgehead atoms. The molecular formula is C18H22. The number of hydrogen-bond acceptors (Lipinski definition) is 0. The van der Waals surface area contributed by atoms with Gasteiger partial charge in [-0.1, -0.05) is 51.1 Å². The Morgan fingerprint density at radius 2 is 1.89 bits per heavy atom. The Bertz CT molecular complexity index is 578. The molecule has 0 aliphatic heterocycles. The summed E-state index contributed by atoms with van der Waals surface area (Å²) in [5.41, 5.74) is 4.63. The average molecular weight is 238 g/mol. The van der Waals surface area contributed by atoms with E-state index in [9.17, 15) is 0 Å². The fourth-order valence-electron chi connectivity index (χ4n) is 3.34. The molecule has 0 saturated carbocycles. The minimum absolute atomic E-state index is 0.606. The molecule has 0 aromatic heterocycles. The third-order valence-electron chi connectivity index (χ3n) is 4.34. The van der Waals surface area contributed by atoms with Gasteiger partial charge >= 0.3 is 0 Å². The molecule has 0 heteroatoms. The van der Waals surface area contributed by atoms with E-state index < -0.39 is 0 Å². The summed E-state index contributed by atoms with van der Waals surface area (Å²) in [6, 6.07) is 11.6. The molecule has 0 saturated heterocycles. The summed E-state index contributed by atoms with van der Waals surface area (Å²) in [5.74, 6) is 1.42. The highest BCUT2D eigenvalue weighted by atomic mass is 14.2. The zero-order valence-corrected chi connectivity index (χ0v) is 11.7. The van der Waals surface area contributed by atoms with Gasteiger partial charge in [-0.25, -0.2) is 0 Å². The van der Waals surface area contributed by atoms with Gasteiger partial charge < -0.3 is 0 Å². The van der Waals surface area contributed by atoms with Crippen LogP contribution in [0.25, 0.3) is 10.8 Å². The summed E-state index contributed by atoms with van der Waals surface area (Å²) in [6.07, 6.45) is 3.81. The van der Waals surface area contributed by atoms with Crippen LogP contribution in [0.1, 0.15) is 49.8 Å². The molecule has 18 heavy (non-hydrogen) atoms. The standard InChI is InChI=1S/C18H22/c1-12(2)16-10-9-14-8-7-13(3)11-15-5-4-6-17(16)18(14)15/h4-6,9-10,12-13H,7-8,11H2,1-3H3/t13-/m1/s1. The Kier molecular flexibility index (Phi) is 2.89. The third kappa shape index (κ3) is 1.84. The van der Waals surface area contributed by atoms with E-state index in [1.807, 2.05) is 0 Å². The van der Waals surface area contributed by atoms with Crippen molar-refractivity contribution >= 4 is 10.8 Å². The molecule has 0 amide bonds. The lowest BCUT2D eigenvalue weighted by Crippen LogP contribution is -1.97. The minimum atomic E-state index is 0.606. The molecule has 0 spiro atoms. The van der Waals surface area contributed by atoms with Crippen LogP contribution in [-0.2, 0) is 12.8 Å². The van der Waals surface area contributed by atoms with E-state index in [2.05, 4.69) is 51.1 Å². The molecule has 1 aliphatic rings. The molecule has 3 rings (SSSR count). The monoisotopic (exact) mass is 238 g/mol. The molecule has 0 fully saturated rings. The van der Waals surface area contributed by atoms with Gasteiger partial charge in [0.2, 0.25) is 0 Å². The van der Waals surface area contributed by atoms with Gasteiger partial charge in [-0.05, 0) is 58.6 Å². The molecule has 1 atom stereocenters. The van der Waals surface area contributed by atoms with Gasteiger partial charge in [-0.3, -0.25) is 0 Å². The van der Waals surface area contributed by atoms with Gasteiger partial charge in [-0.15, -0.1) is 0 Å². The second-order valence-electron chi connectivity index (χ2n) is 6.16. The molecule has 0 radical (unpaired) electrons. The van der Waals surface area contributed by atoms with Crippen molar-refractivity contribution < 1.29 is 0 Å². The first-order valence-electron chi connectivity index (χ1n) is 7.20. The van der Waals surface area contributed by atoms with E-state index in [0.717, 1.165) is 5.92 Å². The highest BCUT2D eigenvalue weighted by Crippen LogP contribution is 2.35. The lowest BCUT2D eigenvalue weighted by Gasteiger charge is -2.15. The largest absolute Gasteiger partial charge is 0.0622 e. The summed E-state index contributed by atoms with van der Waals surface area (Å²) in [6.45, 7) is 6.97. The normalized spacial score (nSPS) is 19.2. The van der Waals surface area contributed by atoms with Crippen molar-refractivity contribution in [1.29, 1.82) is 0 Å². The van der Waals surface area contributed by atoms with E-state index >= 15 is 0 Å². The highest BCUT2D eigenvalue weighted by molar-refractivity contribution is 5.92. The van der Waals surface area contributed by atoms with Crippen LogP contribution >= 0.6 is 0 Å². The second kappa shape index (κ2) is 4.42. The van der Waals surface area contributed by atoms with Crippen LogP contribution in [0, 0.1) is 5.92 Å². The quantitative estimate of drug-likeness (QED) is 0.649. The first-order valence-corrected chi connectivity index (χ1v) is 7.20. The van der Waals surface area contributed by atoms with Crippen LogP contribution in [0.15, 0.2) is 30.3 Å². The number of benzene rings is 2. The third-order valence-corrected chi connectivity index (χ3v) is 4.34. The summed E-state index contributed by atoms with van der Waals surface area (Å²) in [7, 11) is 0. The van der Waals surface area contributed by atoms with Crippen molar-refractivity contribution in [3.63, 3.8) is 0 Å². The molecule has 2 aromatic rings. The Balaban J connectivity index is 2.33. The van der Waals surface area contributed by atoms with Gasteiger partial charge in [0.25, 0.3) is 0 Å². The van der Waals surface area contributed by atoms with E-state index in [-0.39, 0.29) is 0 Å². The summed E-state index contributed by atoms with van der Waals surface area (Å²) in [4.78, 5) is 0. The molecule has 1 aliphatic carbocycles. The van der Waals surface area contributed by atoms with Crippen molar-refractivity contribution in [2.45, 2.75) is 46.0 Å². The van der Waals surface area contributed by atoms with Gasteiger partial charge in [0.15, 0.2) is 0 Å². The lowest BCUT2D eigenvalue weighted by atomic mass is 9.90. The molecule has 0 heterocycles. The van der Waals surface area contributed by atoms with Gasteiger partial charge in [0.1, 0.15) is 0 Å². The fourth-order valence-corrected chi connectivity index (χ4v) is 3.34. The Labute approximate surface area is 110 Å². The van der Waals surface area contributed by atoms with Crippen molar-refractivity contribution in [3.8, 4) is 0 Å². The maximum atomic E-state index is 2.38. The highest BCUT2D eigenvalue weighted by Gasteiger charge is 2.17. The summed E-state index contributed by atoms with van der Waals surface area (Å²) in [5, 5.41) is 3.06. The van der Waals surface area contributed by atoms with Gasteiger partial charge in [0.05, 0.1) is 0 Å². The number of hydrogen-bond donors (Lipinski definition) is 0. The Morgan fingerprint density at radius 1 is 1.06 bits per heavy atom. The van der Waals surface area contributed by atoms with Crippen LogP contribution in [0.4, 0.5) is 0 Å². The second-order valence-corrected chi connectivity index (χ2v) is 6.16.